The molecule has 0 saturated carbocycles. The summed E-state index contributed by atoms with van der Waals surface area (Å²) >= 11 is 0. The summed E-state index contributed by atoms with van der Waals surface area (Å²) in [6.07, 6.45) is 1.02. The van der Waals surface area contributed by atoms with Crippen molar-refractivity contribution >= 4 is 5.97 Å². The molecule has 0 aliphatic carbocycles. The maximum atomic E-state index is 11.7. The lowest BCUT2D eigenvalue weighted by atomic mass is 9.88. The third-order valence-electron chi connectivity index (χ3n) is 3.51. The molecule has 1 N–H and O–H groups in total. The fourth-order valence-corrected chi connectivity index (χ4v) is 2.47. The van der Waals surface area contributed by atoms with Crippen LogP contribution in [0.1, 0.15) is 24.0 Å². The van der Waals surface area contributed by atoms with Crippen LogP contribution in [-0.2, 0) is 16.0 Å². The molecule has 1 aromatic carbocycles. The Kier molecular flexibility index (Phi) is 3.79. The van der Waals surface area contributed by atoms with Crippen molar-refractivity contribution in [2.75, 3.05) is 20.2 Å². The van der Waals surface area contributed by atoms with Gasteiger partial charge < -0.3 is 10.1 Å². The maximum absolute atomic E-state index is 11.7. The van der Waals surface area contributed by atoms with Gasteiger partial charge in [-0.15, -0.1) is 0 Å². The van der Waals surface area contributed by atoms with Gasteiger partial charge in [-0.1, -0.05) is 31.2 Å². The zero-order valence-corrected chi connectivity index (χ0v) is 10.4. The number of methoxy groups -OCH3 is 1. The Morgan fingerprint density at radius 3 is 3.00 bits per heavy atom. The van der Waals surface area contributed by atoms with E-state index in [1.807, 2.05) is 0 Å². The number of nitrogens with one attached hydrogen (secondary N) is 1. The highest BCUT2D eigenvalue weighted by atomic mass is 16.5. The Balaban J connectivity index is 2.22. The molecule has 2 atom stereocenters. The number of aryl methyl sites for hydroxylation is 1. The largest absolute Gasteiger partial charge is 0.469 e. The third-order valence-corrected chi connectivity index (χ3v) is 3.51. The van der Waals surface area contributed by atoms with E-state index in [0.717, 1.165) is 13.0 Å². The molecule has 1 aromatic rings. The van der Waals surface area contributed by atoms with E-state index in [-0.39, 0.29) is 17.8 Å². The molecule has 0 aromatic heterocycles. The molecule has 0 unspecified atom stereocenters. The number of carbonyl (C=O) groups is 1. The highest BCUT2D eigenvalue weighted by Crippen LogP contribution is 2.29. The monoisotopic (exact) mass is 233 g/mol. The first kappa shape index (κ1) is 12.1. The molecule has 0 bridgehead atoms. The summed E-state index contributed by atoms with van der Waals surface area (Å²) in [7, 11) is 1.46. The van der Waals surface area contributed by atoms with Crippen molar-refractivity contribution in [3.8, 4) is 0 Å². The van der Waals surface area contributed by atoms with Gasteiger partial charge in [0.2, 0.25) is 0 Å². The minimum Gasteiger partial charge on any atom is -0.469 e. The summed E-state index contributed by atoms with van der Waals surface area (Å²) in [5, 5.41) is 3.27. The fourth-order valence-electron chi connectivity index (χ4n) is 2.47. The first-order chi connectivity index (χ1) is 8.26. The van der Waals surface area contributed by atoms with E-state index in [1.54, 1.807) is 0 Å². The van der Waals surface area contributed by atoms with Gasteiger partial charge in [0.05, 0.1) is 13.0 Å². The molecule has 3 nitrogen and oxygen atoms in total. The molecular formula is C14H19NO2. The van der Waals surface area contributed by atoms with Crippen molar-refractivity contribution in [2.24, 2.45) is 5.92 Å². The summed E-state index contributed by atoms with van der Waals surface area (Å²) in [6, 6.07) is 8.50. The number of carbonyl (C=O) groups excluding carboxylic acids is 1. The Morgan fingerprint density at radius 2 is 2.29 bits per heavy atom. The Labute approximate surface area is 102 Å². The number of hydrogen-bond donors (Lipinski definition) is 1. The average Bonchev–Trinajstić information content (AvgIpc) is 2.87. The van der Waals surface area contributed by atoms with Gasteiger partial charge in [0, 0.05) is 19.0 Å². The summed E-state index contributed by atoms with van der Waals surface area (Å²) in [4.78, 5) is 11.7. The first-order valence-corrected chi connectivity index (χ1v) is 6.13. The van der Waals surface area contributed by atoms with E-state index in [0.29, 0.717) is 6.54 Å². The van der Waals surface area contributed by atoms with Crippen LogP contribution < -0.4 is 5.32 Å². The van der Waals surface area contributed by atoms with E-state index in [4.69, 9.17) is 4.74 Å². The minimum atomic E-state index is -0.109. The predicted octanol–water partition coefficient (Wildman–Crippen LogP) is 1.72. The fraction of sp³-hybridized carbons (Fsp3) is 0.500. The quantitative estimate of drug-likeness (QED) is 0.808. The van der Waals surface area contributed by atoms with Crippen LogP contribution in [0.3, 0.4) is 0 Å². The lowest BCUT2D eigenvalue weighted by Gasteiger charge is -2.17. The standard InChI is InChI=1S/C14H19NO2/c1-3-10-5-4-6-11(7-10)12-8-15-9-13(12)14(16)17-2/h4-7,12-13,15H,3,8-9H2,1-2H3/t12-,13+/m1/s1. The van der Waals surface area contributed by atoms with Crippen molar-refractivity contribution in [2.45, 2.75) is 19.3 Å². The molecule has 0 spiro atoms. The lowest BCUT2D eigenvalue weighted by molar-refractivity contribution is -0.145. The first-order valence-electron chi connectivity index (χ1n) is 6.13. The maximum Gasteiger partial charge on any atom is 0.310 e. The molecule has 0 amide bonds. The lowest BCUT2D eigenvalue weighted by Crippen LogP contribution is -2.23. The summed E-state index contributed by atoms with van der Waals surface area (Å²) in [6.45, 7) is 3.71. The van der Waals surface area contributed by atoms with Crippen molar-refractivity contribution < 1.29 is 9.53 Å². The molecular weight excluding hydrogens is 214 g/mol. The SMILES string of the molecule is CCc1cccc([C@H]2CNC[C@@H]2C(=O)OC)c1. The number of esters is 1. The molecule has 17 heavy (non-hydrogen) atoms. The van der Waals surface area contributed by atoms with E-state index in [9.17, 15) is 4.79 Å². The minimum absolute atomic E-state index is 0.0490. The topological polar surface area (TPSA) is 38.3 Å². The van der Waals surface area contributed by atoms with Gasteiger partial charge in [0.1, 0.15) is 0 Å². The molecule has 1 aliphatic rings. The highest BCUT2D eigenvalue weighted by molar-refractivity contribution is 5.74. The smallest absolute Gasteiger partial charge is 0.310 e. The second-order valence-corrected chi connectivity index (χ2v) is 4.49. The van der Waals surface area contributed by atoms with E-state index in [2.05, 4.69) is 36.5 Å². The summed E-state index contributed by atoms with van der Waals surface area (Å²) < 4.78 is 4.86. The van der Waals surface area contributed by atoms with Crippen LogP contribution in [0.2, 0.25) is 0 Å². The Morgan fingerprint density at radius 1 is 1.47 bits per heavy atom. The third kappa shape index (κ3) is 2.50. The van der Waals surface area contributed by atoms with Crippen LogP contribution in [0.4, 0.5) is 0 Å². The van der Waals surface area contributed by atoms with Crippen LogP contribution in [0.15, 0.2) is 24.3 Å². The normalized spacial score (nSPS) is 23.6. The van der Waals surface area contributed by atoms with Crippen LogP contribution >= 0.6 is 0 Å². The molecule has 1 saturated heterocycles. The van der Waals surface area contributed by atoms with Gasteiger partial charge in [0.25, 0.3) is 0 Å². The second-order valence-electron chi connectivity index (χ2n) is 4.49. The van der Waals surface area contributed by atoms with Gasteiger partial charge >= 0.3 is 5.97 Å². The Hall–Kier alpha value is -1.35. The average molecular weight is 233 g/mol. The Bertz CT molecular complexity index is 403. The number of ether oxygens (including phenoxy) is 1. The molecule has 3 heteroatoms. The molecule has 1 fully saturated rings. The zero-order chi connectivity index (χ0) is 12.3. The summed E-state index contributed by atoms with van der Waals surface area (Å²) in [5.74, 6) is 0.0861. The van der Waals surface area contributed by atoms with Gasteiger partial charge in [-0.05, 0) is 17.5 Å². The van der Waals surface area contributed by atoms with E-state index in [1.165, 1.54) is 18.2 Å². The van der Waals surface area contributed by atoms with Crippen molar-refractivity contribution in [1.82, 2.24) is 5.32 Å². The van der Waals surface area contributed by atoms with E-state index >= 15 is 0 Å². The van der Waals surface area contributed by atoms with Crippen LogP contribution in [-0.4, -0.2) is 26.2 Å². The number of rotatable bonds is 3. The van der Waals surface area contributed by atoms with Crippen molar-refractivity contribution in [1.29, 1.82) is 0 Å². The van der Waals surface area contributed by atoms with E-state index < -0.39 is 0 Å². The number of benzene rings is 1. The second kappa shape index (κ2) is 5.32. The predicted molar refractivity (Wildman–Crippen MR) is 66.9 cm³/mol. The highest BCUT2D eigenvalue weighted by Gasteiger charge is 2.34. The molecule has 0 radical (unpaired) electrons. The van der Waals surface area contributed by atoms with Crippen molar-refractivity contribution in [3.05, 3.63) is 35.4 Å². The van der Waals surface area contributed by atoms with Gasteiger partial charge in [-0.2, -0.15) is 0 Å². The van der Waals surface area contributed by atoms with Crippen LogP contribution in [0.5, 0.6) is 0 Å². The van der Waals surface area contributed by atoms with Crippen LogP contribution in [0.25, 0.3) is 0 Å². The molecule has 1 aliphatic heterocycles. The van der Waals surface area contributed by atoms with Gasteiger partial charge in [-0.3, -0.25) is 4.79 Å². The number of hydrogen-bond acceptors (Lipinski definition) is 3. The molecule has 1 heterocycles. The summed E-state index contributed by atoms with van der Waals surface area (Å²) in [5.41, 5.74) is 2.56. The molecule has 2 rings (SSSR count). The van der Waals surface area contributed by atoms with Gasteiger partial charge in [0.15, 0.2) is 0 Å². The zero-order valence-electron chi connectivity index (χ0n) is 10.4. The van der Waals surface area contributed by atoms with Crippen molar-refractivity contribution in [3.63, 3.8) is 0 Å². The van der Waals surface area contributed by atoms with Gasteiger partial charge in [-0.25, -0.2) is 0 Å². The molecule has 92 valence electrons. The van der Waals surface area contributed by atoms with Crippen LogP contribution in [0, 0.1) is 5.92 Å².